The molecule has 8 heteroatoms. The Labute approximate surface area is 187 Å². The van der Waals surface area contributed by atoms with E-state index in [4.69, 9.17) is 4.74 Å². The van der Waals surface area contributed by atoms with Crippen LogP contribution in [0.1, 0.15) is 10.4 Å². The average Bonchev–Trinajstić information content (AvgIpc) is 3.29. The molecule has 0 amide bonds. The summed E-state index contributed by atoms with van der Waals surface area (Å²) in [6.45, 7) is 0. The molecule has 33 heavy (non-hydrogen) atoms. The number of benzene rings is 3. The van der Waals surface area contributed by atoms with Crippen molar-refractivity contribution in [3.05, 3.63) is 107 Å². The second-order valence-electron chi connectivity index (χ2n) is 7.22. The first-order valence-electron chi connectivity index (χ1n) is 10.1. The van der Waals surface area contributed by atoms with Gasteiger partial charge in [0.05, 0.1) is 35.8 Å². The van der Waals surface area contributed by atoms with Crippen LogP contribution >= 0.6 is 0 Å². The Hall–Kier alpha value is -4.59. The number of aromatic nitrogens is 4. The number of nitrogens with zero attached hydrogens (tertiary/aromatic N) is 4. The van der Waals surface area contributed by atoms with Crippen molar-refractivity contribution in [3.63, 3.8) is 0 Å². The molecule has 2 aromatic heterocycles. The van der Waals surface area contributed by atoms with E-state index in [2.05, 4.69) is 10.1 Å². The highest BCUT2D eigenvalue weighted by Crippen LogP contribution is 2.25. The molecule has 0 spiro atoms. The lowest BCUT2D eigenvalue weighted by atomic mass is 10.1. The summed E-state index contributed by atoms with van der Waals surface area (Å²) in [7, 11) is 1.29. The van der Waals surface area contributed by atoms with Crippen molar-refractivity contribution in [2.75, 3.05) is 7.11 Å². The molecule has 0 bridgehead atoms. The maximum Gasteiger partial charge on any atom is 0.337 e. The molecule has 0 aliphatic heterocycles. The molecule has 0 saturated carbocycles. The Balaban J connectivity index is 1.81. The fraction of sp³-hybridized carbons (Fsp3) is 0.0400. The molecular weight excluding hydrogens is 423 g/mol. The third-order valence-corrected chi connectivity index (χ3v) is 5.26. The summed E-state index contributed by atoms with van der Waals surface area (Å²) in [4.78, 5) is 30.1. The predicted octanol–water partition coefficient (Wildman–Crippen LogP) is 4.16. The lowest BCUT2D eigenvalue weighted by Gasteiger charge is -2.14. The summed E-state index contributed by atoms with van der Waals surface area (Å²) in [5.41, 5.74) is 1.53. The van der Waals surface area contributed by atoms with Crippen molar-refractivity contribution < 1.29 is 13.9 Å². The monoisotopic (exact) mass is 440 g/mol. The lowest BCUT2D eigenvalue weighted by Crippen LogP contribution is -2.22. The molecule has 0 saturated heterocycles. The van der Waals surface area contributed by atoms with Crippen LogP contribution in [0.4, 0.5) is 4.39 Å². The number of halogens is 1. The van der Waals surface area contributed by atoms with Gasteiger partial charge in [-0.3, -0.25) is 9.36 Å². The Kier molecular flexibility index (Phi) is 5.02. The van der Waals surface area contributed by atoms with Crippen LogP contribution in [0.3, 0.4) is 0 Å². The topological polar surface area (TPSA) is 79.0 Å². The van der Waals surface area contributed by atoms with Crippen LogP contribution in [-0.4, -0.2) is 32.4 Å². The van der Waals surface area contributed by atoms with Gasteiger partial charge in [-0.1, -0.05) is 30.3 Å². The van der Waals surface area contributed by atoms with Gasteiger partial charge in [-0.25, -0.2) is 18.9 Å². The largest absolute Gasteiger partial charge is 0.465 e. The average molecular weight is 440 g/mol. The van der Waals surface area contributed by atoms with Gasteiger partial charge < -0.3 is 4.74 Å². The second-order valence-corrected chi connectivity index (χ2v) is 7.22. The van der Waals surface area contributed by atoms with Crippen LogP contribution in [0.2, 0.25) is 0 Å². The van der Waals surface area contributed by atoms with Gasteiger partial charge in [0.15, 0.2) is 11.5 Å². The first-order chi connectivity index (χ1) is 16.1. The minimum absolute atomic E-state index is 0.120. The molecular formula is C25H17FN4O3. The molecule has 0 atom stereocenters. The zero-order valence-electron chi connectivity index (χ0n) is 17.5. The summed E-state index contributed by atoms with van der Waals surface area (Å²) in [5, 5.41) is 4.63. The second kappa shape index (κ2) is 8.16. The number of hydrogen-bond acceptors (Lipinski definition) is 5. The van der Waals surface area contributed by atoms with Gasteiger partial charge in [-0.2, -0.15) is 5.10 Å². The molecule has 0 aliphatic carbocycles. The Morgan fingerprint density at radius 1 is 0.909 bits per heavy atom. The van der Waals surface area contributed by atoms with E-state index in [1.54, 1.807) is 35.0 Å². The van der Waals surface area contributed by atoms with Crippen LogP contribution in [0.15, 0.2) is 89.9 Å². The van der Waals surface area contributed by atoms with Crippen molar-refractivity contribution in [3.8, 4) is 22.8 Å². The minimum atomic E-state index is -0.519. The summed E-state index contributed by atoms with van der Waals surface area (Å²) in [5.74, 6) is -0.899. The first-order valence-corrected chi connectivity index (χ1v) is 10.1. The van der Waals surface area contributed by atoms with Crippen LogP contribution in [0.5, 0.6) is 0 Å². The number of fused-ring (bicyclic) bond motifs is 1. The lowest BCUT2D eigenvalue weighted by molar-refractivity contribution is 0.0600. The van der Waals surface area contributed by atoms with Crippen molar-refractivity contribution in [1.82, 2.24) is 19.3 Å². The van der Waals surface area contributed by atoms with E-state index >= 15 is 0 Å². The van der Waals surface area contributed by atoms with E-state index in [-0.39, 0.29) is 16.8 Å². The standard InChI is InChI=1S/C25H17FN4O3/c1-33-25(32)16-11-13-17(14-12-16)29-22(19-9-5-6-10-21(19)26)28-23-20(24(29)31)15-27-30(23)18-7-3-2-4-8-18/h2-15H,1H3. The predicted molar refractivity (Wildman–Crippen MR) is 121 cm³/mol. The highest BCUT2D eigenvalue weighted by Gasteiger charge is 2.20. The minimum Gasteiger partial charge on any atom is -0.465 e. The van der Waals surface area contributed by atoms with E-state index in [0.29, 0.717) is 16.9 Å². The molecule has 0 N–H and O–H groups in total. The van der Waals surface area contributed by atoms with Gasteiger partial charge >= 0.3 is 5.97 Å². The molecule has 0 radical (unpaired) electrons. The van der Waals surface area contributed by atoms with Gasteiger partial charge in [0.1, 0.15) is 11.2 Å². The molecule has 7 nitrogen and oxygen atoms in total. The Bertz CT molecular complexity index is 1540. The number of esters is 1. The maximum atomic E-state index is 14.8. The smallest absolute Gasteiger partial charge is 0.337 e. The molecule has 162 valence electrons. The third kappa shape index (κ3) is 3.47. The Morgan fingerprint density at radius 3 is 2.30 bits per heavy atom. The van der Waals surface area contributed by atoms with Crippen LogP contribution in [0.25, 0.3) is 33.8 Å². The van der Waals surface area contributed by atoms with Gasteiger partial charge in [-0.15, -0.1) is 0 Å². The Morgan fingerprint density at radius 2 is 1.61 bits per heavy atom. The zero-order chi connectivity index (χ0) is 22.9. The fourth-order valence-corrected chi connectivity index (χ4v) is 3.65. The summed E-state index contributed by atoms with van der Waals surface area (Å²) in [6, 6.07) is 21.6. The fourth-order valence-electron chi connectivity index (χ4n) is 3.65. The maximum absolute atomic E-state index is 14.8. The number of para-hydroxylation sites is 1. The number of methoxy groups -OCH3 is 1. The first kappa shape index (κ1) is 20.3. The highest BCUT2D eigenvalue weighted by atomic mass is 19.1. The SMILES string of the molecule is COC(=O)c1ccc(-n2c(-c3ccccc3F)nc3c(cnn3-c3ccccc3)c2=O)cc1. The van der Waals surface area contributed by atoms with Crippen molar-refractivity contribution in [1.29, 1.82) is 0 Å². The normalized spacial score (nSPS) is 11.0. The quantitative estimate of drug-likeness (QED) is 0.392. The highest BCUT2D eigenvalue weighted by molar-refractivity contribution is 5.89. The van der Waals surface area contributed by atoms with Crippen molar-refractivity contribution in [2.45, 2.75) is 0 Å². The van der Waals surface area contributed by atoms with E-state index in [1.807, 2.05) is 30.3 Å². The van der Waals surface area contributed by atoms with Crippen LogP contribution in [0, 0.1) is 5.82 Å². The van der Waals surface area contributed by atoms with Crippen LogP contribution in [-0.2, 0) is 4.74 Å². The van der Waals surface area contributed by atoms with Gasteiger partial charge in [0.2, 0.25) is 0 Å². The molecule has 0 fully saturated rings. The van der Waals surface area contributed by atoms with E-state index in [1.165, 1.54) is 36.1 Å². The molecule has 5 rings (SSSR count). The van der Waals surface area contributed by atoms with Crippen molar-refractivity contribution in [2.24, 2.45) is 0 Å². The van der Waals surface area contributed by atoms with Gasteiger partial charge in [0.25, 0.3) is 5.56 Å². The molecule has 0 aliphatic rings. The third-order valence-electron chi connectivity index (χ3n) is 5.26. The number of carbonyl (C=O) groups excluding carboxylic acids is 1. The van der Waals surface area contributed by atoms with Crippen molar-refractivity contribution >= 4 is 17.0 Å². The van der Waals surface area contributed by atoms with Gasteiger partial charge in [0, 0.05) is 0 Å². The number of rotatable bonds is 4. The summed E-state index contributed by atoms with van der Waals surface area (Å²) in [6.07, 6.45) is 1.45. The number of hydrogen-bond donors (Lipinski definition) is 0. The molecule has 2 heterocycles. The zero-order valence-corrected chi connectivity index (χ0v) is 17.5. The van der Waals surface area contributed by atoms with Crippen LogP contribution < -0.4 is 5.56 Å². The van der Waals surface area contributed by atoms with E-state index < -0.39 is 17.3 Å². The molecule has 3 aromatic carbocycles. The summed E-state index contributed by atoms with van der Waals surface area (Å²) < 4.78 is 22.4. The van der Waals surface area contributed by atoms with E-state index in [9.17, 15) is 14.0 Å². The number of carbonyl (C=O) groups is 1. The van der Waals surface area contributed by atoms with E-state index in [0.717, 1.165) is 5.69 Å². The number of ether oxygens (including phenoxy) is 1. The van der Waals surface area contributed by atoms with Gasteiger partial charge in [-0.05, 0) is 48.5 Å². The molecule has 0 unspecified atom stereocenters. The summed E-state index contributed by atoms with van der Waals surface area (Å²) >= 11 is 0. The molecule has 5 aromatic rings.